The average Bonchev–Trinajstić information content (AvgIpc) is 2.52. The summed E-state index contributed by atoms with van der Waals surface area (Å²) in [6, 6.07) is 0.133. The Hall–Kier alpha value is -0.780. The lowest BCUT2D eigenvalue weighted by Gasteiger charge is -2.36. The lowest BCUT2D eigenvalue weighted by Crippen LogP contribution is -2.54. The second kappa shape index (κ2) is 13.4. The number of guanidine groups is 1. The van der Waals surface area contributed by atoms with Gasteiger partial charge in [0.2, 0.25) is 5.91 Å². The molecule has 0 spiro atoms. The number of carbonyl (C=O) groups excluding carboxylic acids is 1. The fourth-order valence-electron chi connectivity index (χ4n) is 2.74. The van der Waals surface area contributed by atoms with Gasteiger partial charge in [-0.25, -0.2) is 0 Å². The predicted molar refractivity (Wildman–Crippen MR) is 113 cm³/mol. The Kier molecular flexibility index (Phi) is 13.0. The van der Waals surface area contributed by atoms with E-state index in [4.69, 9.17) is 0 Å². The highest BCUT2D eigenvalue weighted by molar-refractivity contribution is 14.0. The van der Waals surface area contributed by atoms with Gasteiger partial charge in [0, 0.05) is 51.7 Å². The fourth-order valence-corrected chi connectivity index (χ4v) is 2.74. The summed E-state index contributed by atoms with van der Waals surface area (Å²) in [6.07, 6.45) is -4.32. The van der Waals surface area contributed by atoms with E-state index in [1.807, 2.05) is 20.8 Å². The van der Waals surface area contributed by atoms with E-state index in [9.17, 15) is 18.0 Å². The van der Waals surface area contributed by atoms with Crippen molar-refractivity contribution in [2.24, 2.45) is 4.99 Å². The molecule has 0 radical (unpaired) electrons. The van der Waals surface area contributed by atoms with Gasteiger partial charge in [0.25, 0.3) is 0 Å². The molecule has 1 aliphatic rings. The van der Waals surface area contributed by atoms with Crippen LogP contribution in [0.2, 0.25) is 0 Å². The first-order chi connectivity index (χ1) is 12.2. The minimum absolute atomic E-state index is 0. The largest absolute Gasteiger partial charge is 0.389 e. The van der Waals surface area contributed by atoms with E-state index in [0.29, 0.717) is 26.1 Å². The second-order valence-electron chi connectivity index (χ2n) is 6.79. The first kappa shape index (κ1) is 26.2. The topological polar surface area (TPSA) is 60.0 Å². The van der Waals surface area contributed by atoms with Gasteiger partial charge in [0.05, 0.1) is 6.54 Å². The zero-order valence-electron chi connectivity index (χ0n) is 16.4. The van der Waals surface area contributed by atoms with Crippen molar-refractivity contribution in [2.45, 2.75) is 52.3 Å². The van der Waals surface area contributed by atoms with Crippen LogP contribution in [0.4, 0.5) is 13.2 Å². The monoisotopic (exact) mass is 507 g/mol. The highest BCUT2D eigenvalue weighted by Crippen LogP contribution is 2.22. The van der Waals surface area contributed by atoms with Crippen LogP contribution >= 0.6 is 24.0 Å². The van der Waals surface area contributed by atoms with Crippen LogP contribution in [0.15, 0.2) is 4.99 Å². The van der Waals surface area contributed by atoms with Crippen molar-refractivity contribution in [3.63, 3.8) is 0 Å². The van der Waals surface area contributed by atoms with Crippen LogP contribution in [-0.2, 0) is 4.79 Å². The van der Waals surface area contributed by atoms with Crippen molar-refractivity contribution >= 4 is 35.8 Å². The van der Waals surface area contributed by atoms with Crippen LogP contribution < -0.4 is 10.6 Å². The van der Waals surface area contributed by atoms with Crippen LogP contribution in [0, 0.1) is 0 Å². The Morgan fingerprint density at radius 3 is 2.30 bits per heavy atom. The Morgan fingerprint density at radius 2 is 1.78 bits per heavy atom. The molecule has 0 aliphatic carbocycles. The summed E-state index contributed by atoms with van der Waals surface area (Å²) in [7, 11) is 0. The number of hydrogen-bond donors (Lipinski definition) is 2. The molecule has 6 nitrogen and oxygen atoms in total. The van der Waals surface area contributed by atoms with Gasteiger partial charge in [-0.1, -0.05) is 0 Å². The maximum absolute atomic E-state index is 12.2. The minimum atomic E-state index is -4.09. The molecule has 0 bridgehead atoms. The number of halogens is 4. The third-order valence-electron chi connectivity index (χ3n) is 3.95. The molecule has 160 valence electrons. The van der Waals surface area contributed by atoms with E-state index in [2.05, 4.69) is 25.4 Å². The molecular weight excluding hydrogens is 474 g/mol. The van der Waals surface area contributed by atoms with Gasteiger partial charge < -0.3 is 15.5 Å². The lowest BCUT2D eigenvalue weighted by atomic mass is 10.2. The molecule has 0 aromatic carbocycles. The summed E-state index contributed by atoms with van der Waals surface area (Å²) in [5.41, 5.74) is 0. The number of piperazine rings is 1. The fraction of sp³-hybridized carbons (Fsp3) is 0.882. The zero-order chi connectivity index (χ0) is 19.6. The number of rotatable bonds is 8. The third-order valence-corrected chi connectivity index (χ3v) is 3.95. The molecule has 1 rings (SSSR count). The summed E-state index contributed by atoms with van der Waals surface area (Å²) >= 11 is 0. The average molecular weight is 507 g/mol. The molecule has 0 unspecified atom stereocenters. The van der Waals surface area contributed by atoms with Crippen molar-refractivity contribution in [1.82, 2.24) is 20.4 Å². The SMILES string of the molecule is CCNC(=NCCCCC(F)(F)F)N1CCN(CC(=O)NC(C)C)CC1.I. The molecule has 10 heteroatoms. The normalized spacial score (nSPS) is 16.3. The molecule has 0 aromatic heterocycles. The molecule has 0 aromatic rings. The first-order valence-electron chi connectivity index (χ1n) is 9.33. The maximum atomic E-state index is 12.2. The Morgan fingerprint density at radius 1 is 1.15 bits per heavy atom. The molecule has 1 aliphatic heterocycles. The number of alkyl halides is 3. The van der Waals surface area contributed by atoms with Gasteiger partial charge in [-0.15, -0.1) is 24.0 Å². The maximum Gasteiger partial charge on any atom is 0.389 e. The lowest BCUT2D eigenvalue weighted by molar-refractivity contribution is -0.135. The number of nitrogens with one attached hydrogen (secondary N) is 2. The van der Waals surface area contributed by atoms with E-state index in [0.717, 1.165) is 32.1 Å². The predicted octanol–water partition coefficient (Wildman–Crippen LogP) is 2.44. The highest BCUT2D eigenvalue weighted by Gasteiger charge is 2.26. The molecule has 27 heavy (non-hydrogen) atoms. The van der Waals surface area contributed by atoms with Crippen molar-refractivity contribution in [1.29, 1.82) is 0 Å². The van der Waals surface area contributed by atoms with Gasteiger partial charge in [-0.2, -0.15) is 13.2 Å². The van der Waals surface area contributed by atoms with Gasteiger partial charge in [0.1, 0.15) is 0 Å². The number of aliphatic imine (C=N–C) groups is 1. The molecule has 1 heterocycles. The van der Waals surface area contributed by atoms with Crippen LogP contribution in [0.25, 0.3) is 0 Å². The molecule has 1 fully saturated rings. The van der Waals surface area contributed by atoms with Crippen molar-refractivity contribution in [3.05, 3.63) is 0 Å². The zero-order valence-corrected chi connectivity index (χ0v) is 18.8. The van der Waals surface area contributed by atoms with Crippen molar-refractivity contribution in [2.75, 3.05) is 45.8 Å². The van der Waals surface area contributed by atoms with Crippen LogP contribution in [0.5, 0.6) is 0 Å². The van der Waals surface area contributed by atoms with Crippen LogP contribution in [0.3, 0.4) is 0 Å². The van der Waals surface area contributed by atoms with Crippen molar-refractivity contribution in [3.8, 4) is 0 Å². The van der Waals surface area contributed by atoms with E-state index in [1.165, 1.54) is 0 Å². The number of unbranched alkanes of at least 4 members (excludes halogenated alkanes) is 1. The van der Waals surface area contributed by atoms with Gasteiger partial charge in [-0.3, -0.25) is 14.7 Å². The van der Waals surface area contributed by atoms with Gasteiger partial charge in [-0.05, 0) is 33.6 Å². The highest BCUT2D eigenvalue weighted by atomic mass is 127. The van der Waals surface area contributed by atoms with E-state index in [-0.39, 0.29) is 42.3 Å². The first-order valence-corrected chi connectivity index (χ1v) is 9.33. The van der Waals surface area contributed by atoms with E-state index < -0.39 is 12.6 Å². The second-order valence-corrected chi connectivity index (χ2v) is 6.79. The molecule has 1 saturated heterocycles. The standard InChI is InChI=1S/C17H32F3N5O.HI/c1-4-21-16(22-8-6-5-7-17(18,19)20)25-11-9-24(10-12-25)13-15(26)23-14(2)3;/h14H,4-13H2,1-3H3,(H,21,22)(H,23,26);1H. The minimum Gasteiger partial charge on any atom is -0.357 e. The smallest absolute Gasteiger partial charge is 0.357 e. The number of nitrogens with zero attached hydrogens (tertiary/aromatic N) is 3. The summed E-state index contributed by atoms with van der Waals surface area (Å²) in [6.45, 7) is 10.3. The summed E-state index contributed by atoms with van der Waals surface area (Å²) in [5.74, 6) is 0.768. The van der Waals surface area contributed by atoms with E-state index >= 15 is 0 Å². The quantitative estimate of drug-likeness (QED) is 0.230. The number of carbonyl (C=O) groups is 1. The summed E-state index contributed by atoms with van der Waals surface area (Å²) in [4.78, 5) is 20.5. The molecule has 0 atom stereocenters. The molecule has 0 saturated carbocycles. The van der Waals surface area contributed by atoms with Crippen LogP contribution in [-0.4, -0.2) is 79.7 Å². The molecular formula is C17H33F3IN5O. The molecule has 1 amide bonds. The van der Waals surface area contributed by atoms with E-state index in [1.54, 1.807) is 0 Å². The summed E-state index contributed by atoms with van der Waals surface area (Å²) in [5, 5.41) is 6.08. The van der Waals surface area contributed by atoms with Crippen molar-refractivity contribution < 1.29 is 18.0 Å². The third kappa shape index (κ3) is 12.3. The summed E-state index contributed by atoms with van der Waals surface area (Å²) < 4.78 is 36.5. The van der Waals surface area contributed by atoms with Crippen LogP contribution in [0.1, 0.15) is 40.0 Å². The Labute approximate surface area is 177 Å². The number of amides is 1. The Balaban J connectivity index is 0.00000676. The molecule has 2 N–H and O–H groups in total. The number of hydrogen-bond acceptors (Lipinski definition) is 3. The Bertz CT molecular complexity index is 452. The van der Waals surface area contributed by atoms with Gasteiger partial charge >= 0.3 is 6.18 Å². The van der Waals surface area contributed by atoms with Gasteiger partial charge in [0.15, 0.2) is 5.96 Å².